The van der Waals surface area contributed by atoms with Crippen LogP contribution in [0.2, 0.25) is 10.0 Å². The minimum atomic E-state index is -0.310. The van der Waals surface area contributed by atoms with Gasteiger partial charge in [0.25, 0.3) is 5.91 Å². The van der Waals surface area contributed by atoms with E-state index in [9.17, 15) is 4.79 Å². The van der Waals surface area contributed by atoms with Gasteiger partial charge in [-0.15, -0.1) is 0 Å². The van der Waals surface area contributed by atoms with E-state index in [4.69, 9.17) is 27.9 Å². The SMILES string of the molecule is Cc1ccc(Cl)cc1NC(=O)c1ccn(COc2ccc(Cl)cc2)n1. The number of anilines is 1. The largest absolute Gasteiger partial charge is 0.471 e. The number of hydrogen-bond donors (Lipinski definition) is 1. The van der Waals surface area contributed by atoms with E-state index in [1.165, 1.54) is 4.68 Å². The summed E-state index contributed by atoms with van der Waals surface area (Å²) < 4.78 is 7.12. The number of nitrogens with zero attached hydrogens (tertiary/aromatic N) is 2. The van der Waals surface area contributed by atoms with E-state index in [0.29, 0.717) is 27.2 Å². The fraction of sp³-hybridized carbons (Fsp3) is 0.111. The van der Waals surface area contributed by atoms with Crippen molar-refractivity contribution in [2.75, 3.05) is 5.32 Å². The summed E-state index contributed by atoms with van der Waals surface area (Å²) in [6.45, 7) is 2.08. The molecule has 0 aliphatic carbocycles. The van der Waals surface area contributed by atoms with Gasteiger partial charge in [-0.2, -0.15) is 5.10 Å². The fourth-order valence-electron chi connectivity index (χ4n) is 2.14. The van der Waals surface area contributed by atoms with Crippen molar-refractivity contribution >= 4 is 34.8 Å². The van der Waals surface area contributed by atoms with Crippen LogP contribution in [0.5, 0.6) is 5.75 Å². The maximum atomic E-state index is 12.3. The average Bonchev–Trinajstić information content (AvgIpc) is 3.07. The number of aromatic nitrogens is 2. The summed E-state index contributed by atoms with van der Waals surface area (Å²) in [5.74, 6) is 0.357. The highest BCUT2D eigenvalue weighted by atomic mass is 35.5. The highest BCUT2D eigenvalue weighted by Gasteiger charge is 2.11. The zero-order chi connectivity index (χ0) is 17.8. The summed E-state index contributed by atoms with van der Waals surface area (Å²) in [7, 11) is 0. The van der Waals surface area contributed by atoms with Crippen LogP contribution in [-0.4, -0.2) is 15.7 Å². The van der Waals surface area contributed by atoms with E-state index in [2.05, 4.69) is 10.4 Å². The van der Waals surface area contributed by atoms with Crippen molar-refractivity contribution in [1.29, 1.82) is 0 Å². The molecule has 0 fully saturated rings. The number of nitrogens with one attached hydrogen (secondary N) is 1. The Morgan fingerprint density at radius 3 is 2.60 bits per heavy atom. The molecule has 0 unspecified atom stereocenters. The summed E-state index contributed by atoms with van der Waals surface area (Å²) >= 11 is 11.8. The standard InChI is InChI=1S/C18H15Cl2N3O2/c1-12-2-3-14(20)10-17(12)21-18(24)16-8-9-23(22-16)11-25-15-6-4-13(19)5-7-15/h2-10H,11H2,1H3,(H,21,24). The molecule has 0 aliphatic rings. The number of hydrogen-bond acceptors (Lipinski definition) is 3. The first kappa shape index (κ1) is 17.3. The predicted octanol–water partition coefficient (Wildman–Crippen LogP) is 4.79. The van der Waals surface area contributed by atoms with Crippen molar-refractivity contribution in [3.63, 3.8) is 0 Å². The van der Waals surface area contributed by atoms with E-state index >= 15 is 0 Å². The Morgan fingerprint density at radius 1 is 1.12 bits per heavy atom. The van der Waals surface area contributed by atoms with Gasteiger partial charge in [0.15, 0.2) is 12.4 Å². The second kappa shape index (κ2) is 7.59. The number of carbonyl (C=O) groups excluding carboxylic acids is 1. The molecule has 0 saturated heterocycles. The van der Waals surface area contributed by atoms with Gasteiger partial charge in [0.05, 0.1) is 0 Å². The molecule has 0 atom stereocenters. The van der Waals surface area contributed by atoms with Gasteiger partial charge in [0.1, 0.15) is 5.75 Å². The third kappa shape index (κ3) is 4.53. The zero-order valence-corrected chi connectivity index (χ0v) is 14.9. The Morgan fingerprint density at radius 2 is 1.84 bits per heavy atom. The molecule has 128 valence electrons. The summed E-state index contributed by atoms with van der Waals surface area (Å²) in [6.07, 6.45) is 1.68. The van der Waals surface area contributed by atoms with E-state index in [1.807, 2.05) is 13.0 Å². The zero-order valence-electron chi connectivity index (χ0n) is 13.4. The number of rotatable bonds is 5. The van der Waals surface area contributed by atoms with Gasteiger partial charge < -0.3 is 10.1 Å². The van der Waals surface area contributed by atoms with Crippen LogP contribution in [0.4, 0.5) is 5.69 Å². The monoisotopic (exact) mass is 375 g/mol. The molecule has 0 saturated carbocycles. The van der Waals surface area contributed by atoms with Gasteiger partial charge in [-0.25, -0.2) is 4.68 Å². The van der Waals surface area contributed by atoms with Crippen molar-refractivity contribution in [3.8, 4) is 5.75 Å². The maximum absolute atomic E-state index is 12.3. The van der Waals surface area contributed by atoms with Gasteiger partial charge >= 0.3 is 0 Å². The number of ether oxygens (including phenoxy) is 1. The van der Waals surface area contributed by atoms with Crippen LogP contribution in [0.1, 0.15) is 16.1 Å². The van der Waals surface area contributed by atoms with Crippen molar-refractivity contribution in [2.45, 2.75) is 13.7 Å². The van der Waals surface area contributed by atoms with Crippen LogP contribution in [0.15, 0.2) is 54.7 Å². The number of benzene rings is 2. The number of carbonyl (C=O) groups is 1. The van der Waals surface area contributed by atoms with Crippen LogP contribution in [0.25, 0.3) is 0 Å². The first-order valence-electron chi connectivity index (χ1n) is 7.50. The Labute approximate surface area is 155 Å². The highest BCUT2D eigenvalue weighted by Crippen LogP contribution is 2.21. The minimum absolute atomic E-state index is 0.186. The summed E-state index contributed by atoms with van der Waals surface area (Å²) in [6, 6.07) is 14.0. The van der Waals surface area contributed by atoms with Crippen LogP contribution in [-0.2, 0) is 6.73 Å². The second-order valence-electron chi connectivity index (χ2n) is 5.38. The second-order valence-corrected chi connectivity index (χ2v) is 6.25. The summed E-state index contributed by atoms with van der Waals surface area (Å²) in [4.78, 5) is 12.3. The average molecular weight is 376 g/mol. The quantitative estimate of drug-likeness (QED) is 0.697. The lowest BCUT2D eigenvalue weighted by Gasteiger charge is -2.08. The van der Waals surface area contributed by atoms with E-state index < -0.39 is 0 Å². The van der Waals surface area contributed by atoms with E-state index in [-0.39, 0.29) is 12.6 Å². The number of amides is 1. The molecule has 1 aromatic heterocycles. The smallest absolute Gasteiger partial charge is 0.276 e. The first-order chi connectivity index (χ1) is 12.0. The molecular weight excluding hydrogens is 361 g/mol. The molecule has 0 bridgehead atoms. The molecule has 7 heteroatoms. The van der Waals surface area contributed by atoms with Crippen molar-refractivity contribution in [1.82, 2.24) is 9.78 Å². The topological polar surface area (TPSA) is 56.2 Å². The fourth-order valence-corrected chi connectivity index (χ4v) is 2.44. The third-order valence-corrected chi connectivity index (χ3v) is 3.99. The van der Waals surface area contributed by atoms with Crippen LogP contribution < -0.4 is 10.1 Å². The Hall–Kier alpha value is -2.50. The lowest BCUT2D eigenvalue weighted by molar-refractivity contribution is 0.102. The Balaban J connectivity index is 1.63. The lowest BCUT2D eigenvalue weighted by atomic mass is 10.2. The van der Waals surface area contributed by atoms with Crippen molar-refractivity contribution in [2.24, 2.45) is 0 Å². The molecule has 3 rings (SSSR count). The first-order valence-corrected chi connectivity index (χ1v) is 8.26. The van der Waals surface area contributed by atoms with Crippen molar-refractivity contribution < 1.29 is 9.53 Å². The molecule has 2 aromatic carbocycles. The molecule has 1 amide bonds. The molecule has 5 nitrogen and oxygen atoms in total. The van der Waals surface area contributed by atoms with Gasteiger partial charge in [0.2, 0.25) is 0 Å². The third-order valence-electron chi connectivity index (χ3n) is 3.50. The van der Waals surface area contributed by atoms with Crippen LogP contribution in [0, 0.1) is 6.92 Å². The van der Waals surface area contributed by atoms with Gasteiger partial charge in [0, 0.05) is 21.9 Å². The molecule has 1 heterocycles. The highest BCUT2D eigenvalue weighted by molar-refractivity contribution is 6.31. The molecular formula is C18H15Cl2N3O2. The van der Waals surface area contributed by atoms with Crippen molar-refractivity contribution in [3.05, 3.63) is 76.0 Å². The van der Waals surface area contributed by atoms with Crippen LogP contribution >= 0.6 is 23.2 Å². The Bertz CT molecular complexity index is 892. The summed E-state index contributed by atoms with van der Waals surface area (Å²) in [5, 5.41) is 8.22. The maximum Gasteiger partial charge on any atom is 0.276 e. The summed E-state index contributed by atoms with van der Waals surface area (Å²) in [5.41, 5.74) is 1.87. The van der Waals surface area contributed by atoms with Gasteiger partial charge in [-0.05, 0) is 55.0 Å². The normalized spacial score (nSPS) is 10.5. The Kier molecular flexibility index (Phi) is 5.26. The molecule has 0 radical (unpaired) electrons. The van der Waals surface area contributed by atoms with E-state index in [1.54, 1.807) is 48.7 Å². The van der Waals surface area contributed by atoms with Crippen LogP contribution in [0.3, 0.4) is 0 Å². The minimum Gasteiger partial charge on any atom is -0.471 e. The molecule has 25 heavy (non-hydrogen) atoms. The van der Waals surface area contributed by atoms with E-state index in [0.717, 1.165) is 5.56 Å². The molecule has 1 N–H and O–H groups in total. The molecule has 0 aliphatic heterocycles. The molecule has 0 spiro atoms. The predicted molar refractivity (Wildman–Crippen MR) is 98.4 cm³/mol. The number of aryl methyl sites for hydroxylation is 1. The number of halogens is 2. The van der Waals surface area contributed by atoms with Gasteiger partial charge in [-0.1, -0.05) is 29.3 Å². The van der Waals surface area contributed by atoms with Gasteiger partial charge in [-0.3, -0.25) is 4.79 Å². The lowest BCUT2D eigenvalue weighted by Crippen LogP contribution is -2.15. The molecule has 3 aromatic rings.